The fraction of sp³-hybridized carbons (Fsp3) is 0.529. The summed E-state index contributed by atoms with van der Waals surface area (Å²) in [6.45, 7) is 6.05. The third-order valence-corrected chi connectivity index (χ3v) is 4.35. The monoisotopic (exact) mass is 336 g/mol. The van der Waals surface area contributed by atoms with Gasteiger partial charge in [-0.05, 0) is 44.5 Å². The third-order valence-electron chi connectivity index (χ3n) is 4.35. The summed E-state index contributed by atoms with van der Waals surface area (Å²) < 4.78 is 32.3. The first kappa shape index (κ1) is 17.0. The molecule has 7 heteroatoms. The minimum absolute atomic E-state index is 0.212. The van der Waals surface area contributed by atoms with Crippen molar-refractivity contribution in [3.63, 3.8) is 0 Å². The number of nitrogens with one attached hydrogen (secondary N) is 1. The first-order chi connectivity index (χ1) is 11.5. The van der Waals surface area contributed by atoms with E-state index in [-0.39, 0.29) is 17.9 Å². The number of benzene rings is 1. The Morgan fingerprint density at radius 1 is 1.42 bits per heavy atom. The number of hydrogen-bond donors (Lipinski definition) is 1. The van der Waals surface area contributed by atoms with Gasteiger partial charge in [-0.1, -0.05) is 5.16 Å². The van der Waals surface area contributed by atoms with E-state index >= 15 is 0 Å². The van der Waals surface area contributed by atoms with Gasteiger partial charge in [0.25, 0.3) is 0 Å². The molecule has 1 saturated heterocycles. The SMILES string of the molecule is Cc1nc(CN2CCC[C@@H](N[C@H](C)c3cc(F)ccc3F)C2)no1. The molecule has 2 aromatic rings. The molecule has 0 unspecified atom stereocenters. The van der Waals surface area contributed by atoms with Gasteiger partial charge in [0, 0.05) is 31.1 Å². The van der Waals surface area contributed by atoms with Crippen LogP contribution in [0.25, 0.3) is 0 Å². The molecule has 0 saturated carbocycles. The standard InChI is InChI=1S/C17H22F2N4O/c1-11(15-8-13(18)5-6-16(15)19)20-14-4-3-7-23(9-14)10-17-21-12(2)24-22-17/h5-6,8,11,14,20H,3-4,7,9-10H2,1-2H3/t11-,14-/m1/s1. The van der Waals surface area contributed by atoms with E-state index in [0.29, 0.717) is 23.8 Å². The molecule has 130 valence electrons. The van der Waals surface area contributed by atoms with Gasteiger partial charge in [-0.15, -0.1) is 0 Å². The zero-order chi connectivity index (χ0) is 17.1. The molecule has 0 aliphatic carbocycles. The molecule has 2 atom stereocenters. The summed E-state index contributed by atoms with van der Waals surface area (Å²) in [4.78, 5) is 6.48. The molecule has 24 heavy (non-hydrogen) atoms. The Labute approximate surface area is 140 Å². The summed E-state index contributed by atoms with van der Waals surface area (Å²) in [6, 6.07) is 3.54. The van der Waals surface area contributed by atoms with Crippen LogP contribution in [0, 0.1) is 18.6 Å². The van der Waals surface area contributed by atoms with Gasteiger partial charge in [0.15, 0.2) is 5.82 Å². The average molecular weight is 336 g/mol. The second-order valence-electron chi connectivity index (χ2n) is 6.36. The van der Waals surface area contributed by atoms with Gasteiger partial charge in [-0.2, -0.15) is 4.98 Å². The van der Waals surface area contributed by atoms with Gasteiger partial charge in [0.1, 0.15) is 11.6 Å². The molecule has 1 aliphatic heterocycles. The Balaban J connectivity index is 1.59. The minimum Gasteiger partial charge on any atom is -0.340 e. The highest BCUT2D eigenvalue weighted by Gasteiger charge is 2.23. The quantitative estimate of drug-likeness (QED) is 0.910. The zero-order valence-corrected chi connectivity index (χ0v) is 13.9. The predicted octanol–water partition coefficient (Wildman–Crippen LogP) is 2.97. The minimum atomic E-state index is -0.419. The lowest BCUT2D eigenvalue weighted by molar-refractivity contribution is 0.171. The van der Waals surface area contributed by atoms with Gasteiger partial charge in [-0.3, -0.25) is 4.90 Å². The number of likely N-dealkylation sites (tertiary alicyclic amines) is 1. The van der Waals surface area contributed by atoms with Crippen molar-refractivity contribution < 1.29 is 13.3 Å². The normalized spacial score (nSPS) is 20.2. The van der Waals surface area contributed by atoms with E-state index in [9.17, 15) is 8.78 Å². The predicted molar refractivity (Wildman–Crippen MR) is 85.2 cm³/mol. The molecule has 5 nitrogen and oxygen atoms in total. The van der Waals surface area contributed by atoms with Crippen LogP contribution in [-0.4, -0.2) is 34.2 Å². The zero-order valence-electron chi connectivity index (χ0n) is 13.9. The van der Waals surface area contributed by atoms with Crippen molar-refractivity contribution in [3.05, 3.63) is 47.1 Å². The number of rotatable bonds is 5. The van der Waals surface area contributed by atoms with Gasteiger partial charge in [0.05, 0.1) is 6.54 Å². The van der Waals surface area contributed by atoms with Crippen LogP contribution < -0.4 is 5.32 Å². The van der Waals surface area contributed by atoms with Gasteiger partial charge < -0.3 is 9.84 Å². The second-order valence-corrected chi connectivity index (χ2v) is 6.36. The van der Waals surface area contributed by atoms with Gasteiger partial charge in [-0.25, -0.2) is 8.78 Å². The summed E-state index contributed by atoms with van der Waals surface area (Å²) in [5.41, 5.74) is 0.362. The van der Waals surface area contributed by atoms with Crippen molar-refractivity contribution in [3.8, 4) is 0 Å². The van der Waals surface area contributed by atoms with Crippen LogP contribution in [0.3, 0.4) is 0 Å². The second kappa shape index (κ2) is 7.36. The van der Waals surface area contributed by atoms with Gasteiger partial charge >= 0.3 is 0 Å². The van der Waals surface area contributed by atoms with Crippen molar-refractivity contribution in [2.75, 3.05) is 13.1 Å². The van der Waals surface area contributed by atoms with Crippen LogP contribution in [0.5, 0.6) is 0 Å². The number of piperidine rings is 1. The molecule has 1 aromatic heterocycles. The molecule has 1 aliphatic rings. The first-order valence-corrected chi connectivity index (χ1v) is 8.24. The van der Waals surface area contributed by atoms with E-state index in [2.05, 4.69) is 20.4 Å². The molecule has 0 bridgehead atoms. The molecule has 0 amide bonds. The summed E-state index contributed by atoms with van der Waals surface area (Å²) >= 11 is 0. The van der Waals surface area contributed by atoms with Crippen LogP contribution >= 0.6 is 0 Å². The number of aryl methyl sites for hydroxylation is 1. The lowest BCUT2D eigenvalue weighted by Crippen LogP contribution is -2.46. The van der Waals surface area contributed by atoms with E-state index < -0.39 is 5.82 Å². The highest BCUT2D eigenvalue weighted by Crippen LogP contribution is 2.21. The molecule has 3 rings (SSSR count). The van der Waals surface area contributed by atoms with Crippen LogP contribution in [-0.2, 0) is 6.54 Å². The highest BCUT2D eigenvalue weighted by molar-refractivity contribution is 5.22. The van der Waals surface area contributed by atoms with Crippen LogP contribution in [0.2, 0.25) is 0 Å². The van der Waals surface area contributed by atoms with Crippen LogP contribution in [0.15, 0.2) is 22.7 Å². The van der Waals surface area contributed by atoms with E-state index in [1.807, 2.05) is 6.92 Å². The number of nitrogens with zero attached hydrogens (tertiary/aromatic N) is 3. The maximum absolute atomic E-state index is 13.9. The Morgan fingerprint density at radius 3 is 3.00 bits per heavy atom. The lowest BCUT2D eigenvalue weighted by Gasteiger charge is -2.34. The van der Waals surface area contributed by atoms with Crippen molar-refractivity contribution in [1.82, 2.24) is 20.4 Å². The Morgan fingerprint density at radius 2 is 2.25 bits per heavy atom. The summed E-state index contributed by atoms with van der Waals surface area (Å²) in [6.07, 6.45) is 2.04. The molecule has 1 N–H and O–H groups in total. The number of aromatic nitrogens is 2. The number of halogens is 2. The van der Waals surface area contributed by atoms with Crippen molar-refractivity contribution in [1.29, 1.82) is 0 Å². The topological polar surface area (TPSA) is 54.2 Å². The summed E-state index contributed by atoms with van der Waals surface area (Å²) in [5, 5.41) is 7.34. The average Bonchev–Trinajstić information content (AvgIpc) is 2.95. The molecule has 0 spiro atoms. The molecule has 0 radical (unpaired) electrons. The largest absolute Gasteiger partial charge is 0.340 e. The van der Waals surface area contributed by atoms with E-state index in [0.717, 1.165) is 32.0 Å². The van der Waals surface area contributed by atoms with Crippen LogP contribution in [0.4, 0.5) is 8.78 Å². The molecule has 1 aromatic carbocycles. The maximum Gasteiger partial charge on any atom is 0.223 e. The van der Waals surface area contributed by atoms with E-state index in [1.54, 1.807) is 6.92 Å². The summed E-state index contributed by atoms with van der Waals surface area (Å²) in [5.74, 6) is 0.438. The number of hydrogen-bond acceptors (Lipinski definition) is 5. The Bertz CT molecular complexity index is 691. The fourth-order valence-electron chi connectivity index (χ4n) is 3.23. The third kappa shape index (κ3) is 4.15. The highest BCUT2D eigenvalue weighted by atomic mass is 19.1. The lowest BCUT2D eigenvalue weighted by atomic mass is 10.0. The summed E-state index contributed by atoms with van der Waals surface area (Å²) in [7, 11) is 0. The van der Waals surface area contributed by atoms with Crippen molar-refractivity contribution in [2.24, 2.45) is 0 Å². The van der Waals surface area contributed by atoms with Gasteiger partial charge in [0.2, 0.25) is 5.89 Å². The maximum atomic E-state index is 13.9. The molecule has 1 fully saturated rings. The molecular formula is C17H22F2N4O. The molecule has 2 heterocycles. The van der Waals surface area contributed by atoms with Crippen molar-refractivity contribution >= 4 is 0 Å². The van der Waals surface area contributed by atoms with Crippen molar-refractivity contribution in [2.45, 2.75) is 45.3 Å². The Kier molecular flexibility index (Phi) is 5.20. The smallest absolute Gasteiger partial charge is 0.223 e. The first-order valence-electron chi connectivity index (χ1n) is 8.24. The van der Waals surface area contributed by atoms with Crippen LogP contribution in [0.1, 0.15) is 43.1 Å². The van der Waals surface area contributed by atoms with E-state index in [1.165, 1.54) is 12.1 Å². The Hall–Kier alpha value is -1.86. The van der Waals surface area contributed by atoms with E-state index in [4.69, 9.17) is 4.52 Å². The molecular weight excluding hydrogens is 314 g/mol. The fourth-order valence-corrected chi connectivity index (χ4v) is 3.23.